The van der Waals surface area contributed by atoms with Crippen LogP contribution < -0.4 is 10.6 Å². The highest BCUT2D eigenvalue weighted by atomic mass is 32.1. The molecule has 7 nitrogen and oxygen atoms in total. The van der Waals surface area contributed by atoms with Gasteiger partial charge in [-0.15, -0.1) is 0 Å². The summed E-state index contributed by atoms with van der Waals surface area (Å²) < 4.78 is 0.875. The second-order valence-corrected chi connectivity index (χ2v) is 5.80. The maximum atomic E-state index is 12.0. The molecule has 0 radical (unpaired) electrons. The van der Waals surface area contributed by atoms with Crippen LogP contribution in [0.3, 0.4) is 0 Å². The number of nitrogens with one attached hydrogen (secondary N) is 3. The SMILES string of the molecule is CC(=O)Nc1ccc2nc(NC(=O)c3cc(C)[nH]n3)sc2c1. The third-order valence-corrected chi connectivity index (χ3v) is 3.80. The molecule has 112 valence electrons. The molecule has 0 unspecified atom stereocenters. The molecule has 0 fully saturated rings. The second kappa shape index (κ2) is 5.57. The first-order valence-electron chi connectivity index (χ1n) is 6.53. The number of anilines is 2. The van der Waals surface area contributed by atoms with Crippen LogP contribution in [-0.4, -0.2) is 27.0 Å². The van der Waals surface area contributed by atoms with Gasteiger partial charge in [-0.2, -0.15) is 5.10 Å². The van der Waals surface area contributed by atoms with Crippen LogP contribution in [0.4, 0.5) is 10.8 Å². The maximum Gasteiger partial charge on any atom is 0.277 e. The topological polar surface area (TPSA) is 99.8 Å². The number of H-pyrrole nitrogens is 1. The van der Waals surface area contributed by atoms with Crippen LogP contribution >= 0.6 is 11.3 Å². The molecule has 2 heterocycles. The van der Waals surface area contributed by atoms with Crippen LogP contribution in [-0.2, 0) is 4.79 Å². The third kappa shape index (κ3) is 2.96. The predicted octanol–water partition coefficient (Wildman–Crippen LogP) is 2.54. The van der Waals surface area contributed by atoms with Gasteiger partial charge in [-0.25, -0.2) is 4.98 Å². The second-order valence-electron chi connectivity index (χ2n) is 4.77. The number of aromatic amines is 1. The molecule has 3 N–H and O–H groups in total. The summed E-state index contributed by atoms with van der Waals surface area (Å²) in [6.45, 7) is 3.28. The molecule has 8 heteroatoms. The predicted molar refractivity (Wildman–Crippen MR) is 85.2 cm³/mol. The van der Waals surface area contributed by atoms with E-state index < -0.39 is 0 Å². The summed E-state index contributed by atoms with van der Waals surface area (Å²) in [6.07, 6.45) is 0. The molecule has 22 heavy (non-hydrogen) atoms. The molecule has 1 aromatic carbocycles. The van der Waals surface area contributed by atoms with E-state index in [0.29, 0.717) is 16.5 Å². The minimum absolute atomic E-state index is 0.133. The van der Waals surface area contributed by atoms with Gasteiger partial charge >= 0.3 is 0 Å². The molecule has 0 aliphatic carbocycles. The summed E-state index contributed by atoms with van der Waals surface area (Å²) in [5.41, 5.74) is 2.59. The van der Waals surface area contributed by atoms with Crippen molar-refractivity contribution in [1.29, 1.82) is 0 Å². The minimum Gasteiger partial charge on any atom is -0.326 e. The Morgan fingerprint density at radius 1 is 1.23 bits per heavy atom. The van der Waals surface area contributed by atoms with Gasteiger partial charge in [0, 0.05) is 18.3 Å². The summed E-state index contributed by atoms with van der Waals surface area (Å²) in [7, 11) is 0. The highest BCUT2D eigenvalue weighted by Crippen LogP contribution is 2.28. The smallest absolute Gasteiger partial charge is 0.277 e. The molecule has 0 aliphatic rings. The average Bonchev–Trinajstić information content (AvgIpc) is 3.03. The lowest BCUT2D eigenvalue weighted by molar-refractivity contribution is -0.114. The lowest BCUT2D eigenvalue weighted by atomic mass is 10.3. The van der Waals surface area contributed by atoms with Gasteiger partial charge in [0.1, 0.15) is 0 Å². The lowest BCUT2D eigenvalue weighted by Crippen LogP contribution is -2.11. The Hall–Kier alpha value is -2.74. The largest absolute Gasteiger partial charge is 0.326 e. The quantitative estimate of drug-likeness (QED) is 0.691. The maximum absolute atomic E-state index is 12.0. The number of aromatic nitrogens is 3. The van der Waals surface area contributed by atoms with Crippen LogP contribution in [0.1, 0.15) is 23.1 Å². The zero-order chi connectivity index (χ0) is 15.7. The summed E-state index contributed by atoms with van der Waals surface area (Å²) in [5.74, 6) is -0.447. The minimum atomic E-state index is -0.314. The van der Waals surface area contributed by atoms with E-state index in [1.54, 1.807) is 18.2 Å². The summed E-state index contributed by atoms with van der Waals surface area (Å²) in [6, 6.07) is 7.05. The molecule has 0 bridgehead atoms. The fourth-order valence-corrected chi connectivity index (χ4v) is 2.85. The average molecular weight is 315 g/mol. The van der Waals surface area contributed by atoms with E-state index >= 15 is 0 Å². The van der Waals surface area contributed by atoms with Gasteiger partial charge in [0.05, 0.1) is 10.2 Å². The van der Waals surface area contributed by atoms with E-state index in [0.717, 1.165) is 15.9 Å². The van der Waals surface area contributed by atoms with Gasteiger partial charge in [-0.05, 0) is 31.2 Å². The van der Waals surface area contributed by atoms with Gasteiger partial charge in [0.2, 0.25) is 5.91 Å². The summed E-state index contributed by atoms with van der Waals surface area (Å²) in [5, 5.41) is 12.5. The first-order valence-corrected chi connectivity index (χ1v) is 7.34. The fraction of sp³-hybridized carbons (Fsp3) is 0.143. The van der Waals surface area contributed by atoms with Gasteiger partial charge in [0.25, 0.3) is 5.91 Å². The number of amides is 2. The Labute approximate surface area is 129 Å². The van der Waals surface area contributed by atoms with Crippen molar-refractivity contribution in [3.05, 3.63) is 35.7 Å². The van der Waals surface area contributed by atoms with Crippen molar-refractivity contribution in [1.82, 2.24) is 15.2 Å². The van der Waals surface area contributed by atoms with Crippen molar-refractivity contribution in [3.63, 3.8) is 0 Å². The molecule has 0 saturated carbocycles. The van der Waals surface area contributed by atoms with Crippen molar-refractivity contribution in [3.8, 4) is 0 Å². The molecular formula is C14H13N5O2S. The molecule has 2 aromatic heterocycles. The molecule has 0 atom stereocenters. The van der Waals surface area contributed by atoms with E-state index in [1.807, 2.05) is 13.0 Å². The van der Waals surface area contributed by atoms with Crippen LogP contribution in [0, 0.1) is 6.92 Å². The number of rotatable bonds is 3. The third-order valence-electron chi connectivity index (χ3n) is 2.87. The van der Waals surface area contributed by atoms with Crippen molar-refractivity contribution >= 4 is 44.2 Å². The summed E-state index contributed by atoms with van der Waals surface area (Å²) >= 11 is 1.34. The van der Waals surface area contributed by atoms with Gasteiger partial charge in [-0.3, -0.25) is 20.0 Å². The van der Waals surface area contributed by atoms with Crippen LogP contribution in [0.25, 0.3) is 10.2 Å². The number of nitrogens with zero attached hydrogens (tertiary/aromatic N) is 2. The van der Waals surface area contributed by atoms with Crippen molar-refractivity contribution < 1.29 is 9.59 Å². The Balaban J connectivity index is 1.82. The molecule has 3 rings (SSSR count). The first kappa shape index (κ1) is 14.2. The van der Waals surface area contributed by atoms with E-state index in [1.165, 1.54) is 18.3 Å². The van der Waals surface area contributed by atoms with Gasteiger partial charge in [-0.1, -0.05) is 11.3 Å². The number of carbonyl (C=O) groups excluding carboxylic acids is 2. The lowest BCUT2D eigenvalue weighted by Gasteiger charge is -1.99. The number of hydrogen-bond acceptors (Lipinski definition) is 5. The van der Waals surface area contributed by atoms with Crippen molar-refractivity contribution in [2.75, 3.05) is 10.6 Å². The van der Waals surface area contributed by atoms with E-state index in [4.69, 9.17) is 0 Å². The molecular weight excluding hydrogens is 302 g/mol. The highest BCUT2D eigenvalue weighted by molar-refractivity contribution is 7.22. The summed E-state index contributed by atoms with van der Waals surface area (Å²) in [4.78, 5) is 27.4. The van der Waals surface area contributed by atoms with E-state index in [9.17, 15) is 9.59 Å². The Bertz CT molecular complexity index is 867. The van der Waals surface area contributed by atoms with Crippen molar-refractivity contribution in [2.24, 2.45) is 0 Å². The van der Waals surface area contributed by atoms with E-state index in [-0.39, 0.29) is 11.8 Å². The standard InChI is InChI=1S/C14H13N5O2S/c1-7-5-11(19-18-7)13(21)17-14-16-10-4-3-9(15-8(2)20)6-12(10)22-14/h3-6H,1-2H3,(H,15,20)(H,18,19)(H,16,17,21). The Morgan fingerprint density at radius 2 is 2.05 bits per heavy atom. The number of fused-ring (bicyclic) bond motifs is 1. The Kier molecular flexibility index (Phi) is 3.60. The zero-order valence-corrected chi connectivity index (χ0v) is 12.7. The molecule has 0 aliphatic heterocycles. The van der Waals surface area contributed by atoms with E-state index in [2.05, 4.69) is 25.8 Å². The Morgan fingerprint density at radius 3 is 2.73 bits per heavy atom. The number of carbonyl (C=O) groups is 2. The van der Waals surface area contributed by atoms with Gasteiger partial charge in [0.15, 0.2) is 10.8 Å². The number of aryl methyl sites for hydroxylation is 1. The monoisotopic (exact) mass is 315 g/mol. The molecule has 2 amide bonds. The molecule has 0 saturated heterocycles. The van der Waals surface area contributed by atoms with Crippen LogP contribution in [0.5, 0.6) is 0 Å². The molecule has 3 aromatic rings. The molecule has 0 spiro atoms. The zero-order valence-electron chi connectivity index (χ0n) is 11.9. The number of hydrogen-bond donors (Lipinski definition) is 3. The van der Waals surface area contributed by atoms with Gasteiger partial charge < -0.3 is 5.32 Å². The van der Waals surface area contributed by atoms with Crippen molar-refractivity contribution in [2.45, 2.75) is 13.8 Å². The highest BCUT2D eigenvalue weighted by Gasteiger charge is 2.12. The van der Waals surface area contributed by atoms with Crippen LogP contribution in [0.15, 0.2) is 24.3 Å². The number of benzene rings is 1. The number of thiazole rings is 1. The van der Waals surface area contributed by atoms with Crippen LogP contribution in [0.2, 0.25) is 0 Å². The fourth-order valence-electron chi connectivity index (χ4n) is 1.95. The normalized spacial score (nSPS) is 10.6. The first-order chi connectivity index (χ1) is 10.5.